The van der Waals surface area contributed by atoms with Crippen molar-refractivity contribution >= 4 is 26.0 Å². The monoisotopic (exact) mass is 268 g/mol. The van der Waals surface area contributed by atoms with Crippen molar-refractivity contribution in [3.63, 3.8) is 0 Å². The Morgan fingerprint density at radius 1 is 1.77 bits per heavy atom. The fraction of sp³-hybridized carbons (Fsp3) is 0.600. The van der Waals surface area contributed by atoms with Crippen LogP contribution in [0.3, 0.4) is 0 Å². The number of aromatic amines is 1. The molecule has 6 nitrogen and oxygen atoms in total. The van der Waals surface area contributed by atoms with E-state index < -0.39 is 16.1 Å². The van der Waals surface area contributed by atoms with Gasteiger partial charge in [0.15, 0.2) is 0 Å². The Morgan fingerprint density at radius 2 is 2.46 bits per heavy atom. The van der Waals surface area contributed by atoms with Crippen LogP contribution in [0.5, 0.6) is 0 Å². The summed E-state index contributed by atoms with van der Waals surface area (Å²) in [6.45, 7) is 1.68. The van der Waals surface area contributed by atoms with Crippen LogP contribution in [-0.2, 0) is 10.0 Å². The van der Waals surface area contributed by atoms with Crippen LogP contribution in [0.1, 0.15) is 18.8 Å². The number of rotatable bonds is 4. The molecule has 0 radical (unpaired) electrons. The van der Waals surface area contributed by atoms with Gasteiger partial charge in [-0.25, -0.2) is 18.1 Å². The van der Waals surface area contributed by atoms with E-state index in [9.17, 15) is 8.42 Å². The van der Waals surface area contributed by atoms with Gasteiger partial charge >= 0.3 is 0 Å². The molecule has 0 spiro atoms. The minimum atomic E-state index is -3.27. The minimum absolute atomic E-state index is 0.127. The largest absolute Gasteiger partial charge is 0.262 e. The second-order valence-corrected chi connectivity index (χ2v) is 5.49. The van der Waals surface area contributed by atoms with Crippen molar-refractivity contribution in [3.05, 3.63) is 12.2 Å². The van der Waals surface area contributed by atoms with Gasteiger partial charge in [0.1, 0.15) is 16.8 Å². The van der Waals surface area contributed by atoms with E-state index in [0.717, 1.165) is 0 Å². The van der Waals surface area contributed by atoms with E-state index >= 15 is 0 Å². The van der Waals surface area contributed by atoms with E-state index in [2.05, 4.69) is 35.8 Å². The summed E-state index contributed by atoms with van der Waals surface area (Å²) in [5, 5.41) is 6.20. The summed E-state index contributed by atoms with van der Waals surface area (Å²) in [6, 6.07) is -0.398. The van der Waals surface area contributed by atoms with Crippen LogP contribution in [0.2, 0.25) is 0 Å². The highest BCUT2D eigenvalue weighted by atomic mass is 79.9. The molecule has 0 aliphatic carbocycles. The maximum Gasteiger partial charge on any atom is 0.222 e. The summed E-state index contributed by atoms with van der Waals surface area (Å²) >= 11 is 2.87. The first-order valence-electron chi connectivity index (χ1n) is 3.46. The van der Waals surface area contributed by atoms with Gasteiger partial charge in [0, 0.05) is 0 Å². The zero-order valence-corrected chi connectivity index (χ0v) is 9.26. The van der Waals surface area contributed by atoms with Gasteiger partial charge in [0.05, 0.1) is 6.04 Å². The number of nitrogens with zero attached hydrogens (tertiary/aromatic N) is 2. The Hall–Kier alpha value is -0.470. The van der Waals surface area contributed by atoms with Crippen LogP contribution >= 0.6 is 15.9 Å². The van der Waals surface area contributed by atoms with E-state index in [0.29, 0.717) is 5.82 Å². The van der Waals surface area contributed by atoms with Gasteiger partial charge in [-0.05, 0) is 6.92 Å². The summed E-state index contributed by atoms with van der Waals surface area (Å²) in [5.41, 5.74) is 0. The van der Waals surface area contributed by atoms with Gasteiger partial charge in [-0.1, -0.05) is 15.9 Å². The Kier molecular flexibility index (Phi) is 3.40. The third kappa shape index (κ3) is 3.05. The molecule has 8 heteroatoms. The number of hydrogen-bond acceptors (Lipinski definition) is 4. The van der Waals surface area contributed by atoms with Crippen LogP contribution in [0.15, 0.2) is 6.33 Å². The first-order valence-corrected chi connectivity index (χ1v) is 6.24. The fourth-order valence-corrected chi connectivity index (χ4v) is 1.89. The molecule has 1 rings (SSSR count). The Labute approximate surface area is 84.3 Å². The molecular formula is C5H9BrN4O2S. The SMILES string of the molecule is CC(NS(=O)(=O)CBr)c1ncn[nH]1. The number of sulfonamides is 1. The molecular weight excluding hydrogens is 260 g/mol. The lowest BCUT2D eigenvalue weighted by Crippen LogP contribution is -2.28. The molecule has 13 heavy (non-hydrogen) atoms. The number of halogens is 1. The third-order valence-corrected chi connectivity index (χ3v) is 4.15. The minimum Gasteiger partial charge on any atom is -0.262 e. The summed E-state index contributed by atoms with van der Waals surface area (Å²) in [7, 11) is -3.27. The first kappa shape index (κ1) is 10.6. The van der Waals surface area contributed by atoms with Crippen molar-refractivity contribution in [2.24, 2.45) is 0 Å². The molecule has 1 aromatic heterocycles. The second kappa shape index (κ2) is 4.16. The average molecular weight is 269 g/mol. The average Bonchev–Trinajstić information content (AvgIpc) is 2.55. The van der Waals surface area contributed by atoms with Crippen LogP contribution < -0.4 is 4.72 Å². The van der Waals surface area contributed by atoms with E-state index in [1.807, 2.05) is 0 Å². The Bertz CT molecular complexity index is 349. The summed E-state index contributed by atoms with van der Waals surface area (Å²) in [5.74, 6) is 0.490. The topological polar surface area (TPSA) is 87.7 Å². The van der Waals surface area contributed by atoms with Crippen molar-refractivity contribution in [1.82, 2.24) is 19.9 Å². The highest BCUT2D eigenvalue weighted by Gasteiger charge is 2.15. The second-order valence-electron chi connectivity index (χ2n) is 2.43. The lowest BCUT2D eigenvalue weighted by Gasteiger charge is -2.08. The molecule has 0 saturated carbocycles. The van der Waals surface area contributed by atoms with E-state index in [1.54, 1.807) is 6.92 Å². The highest BCUT2D eigenvalue weighted by molar-refractivity contribution is 9.10. The normalized spacial score (nSPS) is 14.3. The number of H-pyrrole nitrogens is 1. The zero-order valence-electron chi connectivity index (χ0n) is 6.86. The molecule has 74 valence electrons. The van der Waals surface area contributed by atoms with Crippen molar-refractivity contribution in [3.8, 4) is 0 Å². The lowest BCUT2D eigenvalue weighted by atomic mass is 10.3. The predicted molar refractivity (Wildman–Crippen MR) is 50.6 cm³/mol. The number of alkyl halides is 1. The molecule has 2 N–H and O–H groups in total. The maximum absolute atomic E-state index is 11.1. The molecule has 0 bridgehead atoms. The van der Waals surface area contributed by atoms with Crippen LogP contribution in [0, 0.1) is 0 Å². The number of hydrogen-bond donors (Lipinski definition) is 2. The summed E-state index contributed by atoms with van der Waals surface area (Å²) < 4.78 is 24.4. The van der Waals surface area contributed by atoms with E-state index in [1.165, 1.54) is 6.33 Å². The van der Waals surface area contributed by atoms with Crippen LogP contribution in [0.4, 0.5) is 0 Å². The Balaban J connectivity index is 2.67. The van der Waals surface area contributed by atoms with Gasteiger partial charge in [-0.15, -0.1) is 0 Å². The molecule has 0 aliphatic rings. The summed E-state index contributed by atoms with van der Waals surface area (Å²) in [6.07, 6.45) is 1.33. The standard InChI is InChI=1S/C5H9BrN4O2S/c1-4(5-7-3-8-9-5)10-13(11,12)2-6/h3-4,10H,2H2,1H3,(H,7,8,9). The van der Waals surface area contributed by atoms with E-state index in [-0.39, 0.29) is 4.66 Å². The van der Waals surface area contributed by atoms with Gasteiger partial charge in [-0.2, -0.15) is 5.10 Å². The first-order chi connectivity index (χ1) is 6.05. The van der Waals surface area contributed by atoms with Gasteiger partial charge in [-0.3, -0.25) is 5.10 Å². The molecule has 0 amide bonds. The Morgan fingerprint density at radius 3 is 2.92 bits per heavy atom. The molecule has 1 aromatic rings. The number of nitrogens with one attached hydrogen (secondary N) is 2. The molecule has 0 fully saturated rings. The molecule has 1 unspecified atom stereocenters. The molecule has 0 saturated heterocycles. The number of aromatic nitrogens is 3. The predicted octanol–water partition coefficient (Wildman–Crippen LogP) is 0.137. The zero-order chi connectivity index (χ0) is 9.90. The van der Waals surface area contributed by atoms with Crippen molar-refractivity contribution < 1.29 is 8.42 Å². The smallest absolute Gasteiger partial charge is 0.222 e. The summed E-state index contributed by atoms with van der Waals surface area (Å²) in [4.78, 5) is 3.83. The van der Waals surface area contributed by atoms with Gasteiger partial charge in [0.2, 0.25) is 10.0 Å². The highest BCUT2D eigenvalue weighted by Crippen LogP contribution is 2.06. The molecule has 0 aliphatic heterocycles. The van der Waals surface area contributed by atoms with Crippen molar-refractivity contribution in [2.45, 2.75) is 13.0 Å². The van der Waals surface area contributed by atoms with E-state index in [4.69, 9.17) is 0 Å². The quantitative estimate of drug-likeness (QED) is 0.761. The van der Waals surface area contributed by atoms with Gasteiger partial charge in [0.25, 0.3) is 0 Å². The molecule has 1 heterocycles. The maximum atomic E-state index is 11.1. The molecule has 0 aromatic carbocycles. The van der Waals surface area contributed by atoms with Crippen molar-refractivity contribution in [2.75, 3.05) is 4.66 Å². The third-order valence-electron chi connectivity index (χ3n) is 1.34. The van der Waals surface area contributed by atoms with Crippen LogP contribution in [0.25, 0.3) is 0 Å². The fourth-order valence-electron chi connectivity index (χ4n) is 0.780. The van der Waals surface area contributed by atoms with Crippen LogP contribution in [-0.4, -0.2) is 28.3 Å². The van der Waals surface area contributed by atoms with Crippen molar-refractivity contribution in [1.29, 1.82) is 0 Å². The van der Waals surface area contributed by atoms with Gasteiger partial charge < -0.3 is 0 Å². The molecule has 1 atom stereocenters. The lowest BCUT2D eigenvalue weighted by molar-refractivity contribution is 0.565.